The first-order chi connectivity index (χ1) is 11.4. The summed E-state index contributed by atoms with van der Waals surface area (Å²) in [4.78, 5) is 12.8. The van der Waals surface area contributed by atoms with Crippen LogP contribution in [-0.4, -0.2) is 44.8 Å². The standard InChI is InChI=1S/C17H25F2N3O2/c18-17(19)6-9-21(8-5-14(17)10-16(23)24)12-15-4-7-20-22(15)11-13-2-1-3-13/h4,7,13-14H,1-3,5-6,8-12H2,(H,23,24). The summed E-state index contributed by atoms with van der Waals surface area (Å²) in [6.07, 6.45) is 5.03. The first-order valence-corrected chi connectivity index (χ1v) is 8.76. The van der Waals surface area contributed by atoms with Gasteiger partial charge in [0, 0.05) is 38.2 Å². The Morgan fingerprint density at radius 2 is 2.12 bits per heavy atom. The minimum Gasteiger partial charge on any atom is -0.481 e. The first kappa shape index (κ1) is 17.3. The van der Waals surface area contributed by atoms with Gasteiger partial charge < -0.3 is 5.11 Å². The second kappa shape index (κ2) is 7.17. The monoisotopic (exact) mass is 341 g/mol. The molecular weight excluding hydrogens is 316 g/mol. The summed E-state index contributed by atoms with van der Waals surface area (Å²) in [6, 6.07) is 1.95. The summed E-state index contributed by atoms with van der Waals surface area (Å²) in [5.74, 6) is -4.43. The van der Waals surface area contributed by atoms with Crippen LogP contribution in [0.25, 0.3) is 0 Å². The third-order valence-electron chi connectivity index (χ3n) is 5.42. The van der Waals surface area contributed by atoms with Crippen LogP contribution >= 0.6 is 0 Å². The molecule has 1 N–H and O–H groups in total. The fourth-order valence-electron chi connectivity index (χ4n) is 3.60. The number of carboxylic acids is 1. The van der Waals surface area contributed by atoms with Crippen LogP contribution in [0.4, 0.5) is 8.78 Å². The Bertz CT molecular complexity index is 572. The number of alkyl halides is 2. The van der Waals surface area contributed by atoms with E-state index in [-0.39, 0.29) is 19.4 Å². The number of nitrogens with zero attached hydrogens (tertiary/aromatic N) is 3. The number of aromatic nitrogens is 2. The number of rotatable bonds is 6. The Balaban J connectivity index is 1.60. The second-order valence-corrected chi connectivity index (χ2v) is 7.17. The smallest absolute Gasteiger partial charge is 0.303 e. The van der Waals surface area contributed by atoms with Crippen LogP contribution in [-0.2, 0) is 17.9 Å². The van der Waals surface area contributed by atoms with Crippen LogP contribution in [0.3, 0.4) is 0 Å². The van der Waals surface area contributed by atoms with Gasteiger partial charge >= 0.3 is 5.97 Å². The molecule has 0 amide bonds. The van der Waals surface area contributed by atoms with Crippen molar-refractivity contribution in [2.24, 2.45) is 11.8 Å². The number of aliphatic carboxylic acids is 1. The lowest BCUT2D eigenvalue weighted by atomic mass is 9.85. The molecule has 1 unspecified atom stereocenters. The maximum Gasteiger partial charge on any atom is 0.303 e. The van der Waals surface area contributed by atoms with E-state index in [4.69, 9.17) is 5.11 Å². The number of carboxylic acid groups (broad SMARTS) is 1. The van der Waals surface area contributed by atoms with Gasteiger partial charge in [0.25, 0.3) is 5.92 Å². The van der Waals surface area contributed by atoms with Crippen molar-refractivity contribution in [2.45, 2.75) is 57.5 Å². The van der Waals surface area contributed by atoms with Crippen LogP contribution in [0.1, 0.15) is 44.2 Å². The number of carbonyl (C=O) groups is 1. The molecule has 5 nitrogen and oxygen atoms in total. The molecule has 0 aromatic carbocycles. The van der Waals surface area contributed by atoms with Gasteiger partial charge in [-0.2, -0.15) is 5.10 Å². The van der Waals surface area contributed by atoms with Gasteiger partial charge in [-0.05, 0) is 37.8 Å². The SMILES string of the molecule is O=C(O)CC1CCN(Cc2ccnn2CC2CCC2)CCC1(F)F. The molecule has 0 radical (unpaired) electrons. The molecule has 1 saturated carbocycles. The molecule has 1 atom stereocenters. The molecule has 7 heteroatoms. The summed E-state index contributed by atoms with van der Waals surface area (Å²) in [6.45, 7) is 2.30. The lowest BCUT2D eigenvalue weighted by Gasteiger charge is -2.27. The van der Waals surface area contributed by atoms with Crippen LogP contribution in [0.15, 0.2) is 12.3 Å². The predicted molar refractivity (Wildman–Crippen MR) is 84.8 cm³/mol. The fourth-order valence-corrected chi connectivity index (χ4v) is 3.60. The first-order valence-electron chi connectivity index (χ1n) is 8.76. The van der Waals surface area contributed by atoms with Crippen molar-refractivity contribution in [3.05, 3.63) is 18.0 Å². The molecule has 0 spiro atoms. The van der Waals surface area contributed by atoms with Gasteiger partial charge in [-0.1, -0.05) is 6.42 Å². The van der Waals surface area contributed by atoms with E-state index in [1.807, 2.05) is 15.6 Å². The van der Waals surface area contributed by atoms with Gasteiger partial charge in [0.2, 0.25) is 0 Å². The third-order valence-corrected chi connectivity index (χ3v) is 5.42. The van der Waals surface area contributed by atoms with E-state index < -0.39 is 24.2 Å². The van der Waals surface area contributed by atoms with E-state index in [0.717, 1.165) is 12.2 Å². The predicted octanol–water partition coefficient (Wildman–Crippen LogP) is 3.01. The number of likely N-dealkylation sites (tertiary alicyclic amines) is 1. The Labute approximate surface area is 140 Å². The van der Waals surface area contributed by atoms with Gasteiger partial charge in [0.1, 0.15) is 0 Å². The molecule has 1 aliphatic carbocycles. The average molecular weight is 341 g/mol. The molecule has 2 fully saturated rings. The van der Waals surface area contributed by atoms with Gasteiger partial charge in [-0.15, -0.1) is 0 Å². The highest BCUT2D eigenvalue weighted by Crippen LogP contribution is 2.36. The highest BCUT2D eigenvalue weighted by Gasteiger charge is 2.42. The molecule has 0 bridgehead atoms. The normalized spacial score (nSPS) is 25.2. The number of hydrogen-bond donors (Lipinski definition) is 1. The zero-order chi connectivity index (χ0) is 17.2. The van der Waals surface area contributed by atoms with Crippen molar-refractivity contribution in [2.75, 3.05) is 13.1 Å². The van der Waals surface area contributed by atoms with Crippen molar-refractivity contribution in [1.29, 1.82) is 0 Å². The molecule has 3 rings (SSSR count). The number of halogens is 2. The Hall–Kier alpha value is -1.50. The van der Waals surface area contributed by atoms with Crippen molar-refractivity contribution in [1.82, 2.24) is 14.7 Å². The summed E-state index contributed by atoms with van der Waals surface area (Å²) in [5.41, 5.74) is 1.06. The Morgan fingerprint density at radius 1 is 1.33 bits per heavy atom. The fraction of sp³-hybridized carbons (Fsp3) is 0.765. The van der Waals surface area contributed by atoms with Crippen LogP contribution in [0.5, 0.6) is 0 Å². The van der Waals surface area contributed by atoms with Crippen molar-refractivity contribution >= 4 is 5.97 Å². The average Bonchev–Trinajstić information content (AvgIpc) is 2.85. The van der Waals surface area contributed by atoms with Gasteiger partial charge in [-0.3, -0.25) is 14.4 Å². The Kier molecular flexibility index (Phi) is 5.18. The lowest BCUT2D eigenvalue weighted by molar-refractivity contribution is -0.143. The topological polar surface area (TPSA) is 58.4 Å². The van der Waals surface area contributed by atoms with E-state index >= 15 is 0 Å². The lowest BCUT2D eigenvalue weighted by Crippen LogP contribution is -2.30. The van der Waals surface area contributed by atoms with Gasteiger partial charge in [0.05, 0.1) is 12.1 Å². The molecule has 24 heavy (non-hydrogen) atoms. The maximum atomic E-state index is 14.1. The largest absolute Gasteiger partial charge is 0.481 e. The van der Waals surface area contributed by atoms with E-state index in [0.29, 0.717) is 19.0 Å². The molecule has 1 aromatic rings. The summed E-state index contributed by atoms with van der Waals surface area (Å²) < 4.78 is 30.3. The van der Waals surface area contributed by atoms with E-state index in [1.165, 1.54) is 19.3 Å². The maximum absolute atomic E-state index is 14.1. The zero-order valence-corrected chi connectivity index (χ0v) is 13.8. The third kappa shape index (κ3) is 4.12. The van der Waals surface area contributed by atoms with E-state index in [9.17, 15) is 13.6 Å². The van der Waals surface area contributed by atoms with Crippen LogP contribution < -0.4 is 0 Å². The highest BCUT2D eigenvalue weighted by molar-refractivity contribution is 5.67. The van der Waals surface area contributed by atoms with Crippen LogP contribution in [0, 0.1) is 11.8 Å². The summed E-state index contributed by atoms with van der Waals surface area (Å²) in [5, 5.41) is 13.2. The highest BCUT2D eigenvalue weighted by atomic mass is 19.3. The minimum atomic E-state index is -2.90. The Morgan fingerprint density at radius 3 is 2.79 bits per heavy atom. The molecule has 2 aliphatic rings. The van der Waals surface area contributed by atoms with Crippen molar-refractivity contribution in [3.63, 3.8) is 0 Å². The van der Waals surface area contributed by atoms with E-state index in [2.05, 4.69) is 5.10 Å². The van der Waals surface area contributed by atoms with Crippen LogP contribution in [0.2, 0.25) is 0 Å². The molecular formula is C17H25F2N3O2. The van der Waals surface area contributed by atoms with Crippen molar-refractivity contribution in [3.8, 4) is 0 Å². The molecule has 134 valence electrons. The zero-order valence-electron chi connectivity index (χ0n) is 13.8. The summed E-state index contributed by atoms with van der Waals surface area (Å²) in [7, 11) is 0. The molecule has 2 heterocycles. The quantitative estimate of drug-likeness (QED) is 0.864. The van der Waals surface area contributed by atoms with E-state index in [1.54, 1.807) is 6.20 Å². The second-order valence-electron chi connectivity index (χ2n) is 7.17. The molecule has 1 aliphatic heterocycles. The minimum absolute atomic E-state index is 0.218. The molecule has 1 aromatic heterocycles. The van der Waals surface area contributed by atoms with Gasteiger partial charge in [0.15, 0.2) is 0 Å². The number of hydrogen-bond acceptors (Lipinski definition) is 3. The van der Waals surface area contributed by atoms with Crippen molar-refractivity contribution < 1.29 is 18.7 Å². The summed E-state index contributed by atoms with van der Waals surface area (Å²) >= 11 is 0. The van der Waals surface area contributed by atoms with Gasteiger partial charge in [-0.25, -0.2) is 8.78 Å². The molecule has 1 saturated heterocycles.